The molecule has 2 aromatic heterocycles. The summed E-state index contributed by atoms with van der Waals surface area (Å²) in [5.41, 5.74) is 6.12. The second kappa shape index (κ2) is 4.82. The van der Waals surface area contributed by atoms with E-state index < -0.39 is 5.54 Å². The maximum absolute atomic E-state index is 11.8. The first-order chi connectivity index (χ1) is 9.95. The van der Waals surface area contributed by atoms with Gasteiger partial charge in [-0.1, -0.05) is 17.3 Å². The van der Waals surface area contributed by atoms with Crippen LogP contribution in [0, 0.1) is 0 Å². The maximum atomic E-state index is 11.8. The van der Waals surface area contributed by atoms with Crippen molar-refractivity contribution >= 4 is 10.9 Å². The van der Waals surface area contributed by atoms with Crippen molar-refractivity contribution < 1.29 is 4.52 Å². The van der Waals surface area contributed by atoms with Crippen LogP contribution < -0.4 is 11.2 Å². The summed E-state index contributed by atoms with van der Waals surface area (Å²) >= 11 is 0. The van der Waals surface area contributed by atoms with E-state index in [2.05, 4.69) is 10.1 Å². The SMILES string of the molecule is CC(C)(N)c1noc(Cn2ccc(=O)c3ccccc32)n1. The van der Waals surface area contributed by atoms with Gasteiger partial charge in [-0.15, -0.1) is 0 Å². The van der Waals surface area contributed by atoms with Crippen molar-refractivity contribution in [1.82, 2.24) is 14.7 Å². The van der Waals surface area contributed by atoms with Gasteiger partial charge in [-0.3, -0.25) is 4.79 Å². The number of rotatable bonds is 3. The van der Waals surface area contributed by atoms with Crippen LogP contribution in [0.5, 0.6) is 0 Å². The van der Waals surface area contributed by atoms with Gasteiger partial charge >= 0.3 is 0 Å². The van der Waals surface area contributed by atoms with Crippen LogP contribution in [0.15, 0.2) is 45.8 Å². The minimum Gasteiger partial charge on any atom is -0.338 e. The molecule has 0 bridgehead atoms. The number of pyridine rings is 1. The second-order valence-corrected chi connectivity index (χ2v) is 5.56. The minimum atomic E-state index is -0.645. The van der Waals surface area contributed by atoms with E-state index in [1.165, 1.54) is 6.07 Å². The smallest absolute Gasteiger partial charge is 0.246 e. The molecule has 0 aliphatic rings. The molecule has 108 valence electrons. The molecule has 0 unspecified atom stereocenters. The van der Waals surface area contributed by atoms with Gasteiger partial charge in [0, 0.05) is 17.6 Å². The fourth-order valence-corrected chi connectivity index (χ4v) is 2.12. The van der Waals surface area contributed by atoms with Gasteiger partial charge in [0.25, 0.3) is 0 Å². The molecule has 2 N–H and O–H groups in total. The molecular formula is C15H16N4O2. The van der Waals surface area contributed by atoms with Crippen molar-refractivity contribution in [2.45, 2.75) is 25.9 Å². The monoisotopic (exact) mass is 284 g/mol. The van der Waals surface area contributed by atoms with Crippen LogP contribution in [0.25, 0.3) is 10.9 Å². The number of benzene rings is 1. The highest BCUT2D eigenvalue weighted by Crippen LogP contribution is 2.15. The zero-order chi connectivity index (χ0) is 15.0. The van der Waals surface area contributed by atoms with Gasteiger partial charge in [0.05, 0.1) is 11.1 Å². The van der Waals surface area contributed by atoms with E-state index in [9.17, 15) is 4.79 Å². The summed E-state index contributed by atoms with van der Waals surface area (Å²) in [5.74, 6) is 0.917. The van der Waals surface area contributed by atoms with E-state index in [0.29, 0.717) is 23.6 Å². The number of hydrogen-bond acceptors (Lipinski definition) is 5. The lowest BCUT2D eigenvalue weighted by molar-refractivity contribution is 0.356. The predicted molar refractivity (Wildman–Crippen MR) is 78.8 cm³/mol. The third-order valence-corrected chi connectivity index (χ3v) is 3.23. The molecule has 2 heterocycles. The number of aromatic nitrogens is 3. The van der Waals surface area contributed by atoms with E-state index in [1.54, 1.807) is 12.3 Å². The molecule has 0 aliphatic carbocycles. The van der Waals surface area contributed by atoms with E-state index in [-0.39, 0.29) is 5.43 Å². The van der Waals surface area contributed by atoms with Gasteiger partial charge in [-0.25, -0.2) is 0 Å². The summed E-state index contributed by atoms with van der Waals surface area (Å²) in [5, 5.41) is 4.56. The highest BCUT2D eigenvalue weighted by molar-refractivity contribution is 5.78. The van der Waals surface area contributed by atoms with E-state index in [0.717, 1.165) is 5.52 Å². The molecule has 6 nitrogen and oxygen atoms in total. The largest absolute Gasteiger partial charge is 0.338 e. The zero-order valence-electron chi connectivity index (χ0n) is 11.9. The highest BCUT2D eigenvalue weighted by Gasteiger charge is 2.21. The molecule has 0 atom stereocenters. The van der Waals surface area contributed by atoms with E-state index >= 15 is 0 Å². The van der Waals surface area contributed by atoms with Crippen LogP contribution in [-0.2, 0) is 12.1 Å². The lowest BCUT2D eigenvalue weighted by atomic mass is 10.1. The van der Waals surface area contributed by atoms with Crippen molar-refractivity contribution in [2.75, 3.05) is 0 Å². The topological polar surface area (TPSA) is 86.9 Å². The third kappa shape index (κ3) is 2.57. The Morgan fingerprint density at radius 2 is 2.05 bits per heavy atom. The van der Waals surface area contributed by atoms with Crippen LogP contribution in [0.1, 0.15) is 25.6 Å². The Morgan fingerprint density at radius 3 is 2.76 bits per heavy atom. The average molecular weight is 284 g/mol. The molecule has 0 saturated heterocycles. The van der Waals surface area contributed by atoms with E-state index in [1.807, 2.05) is 36.6 Å². The van der Waals surface area contributed by atoms with Gasteiger partial charge in [-0.2, -0.15) is 4.98 Å². The molecule has 1 aromatic carbocycles. The molecule has 21 heavy (non-hydrogen) atoms. The van der Waals surface area contributed by atoms with Crippen molar-refractivity contribution in [3.8, 4) is 0 Å². The Labute approximate surface area is 121 Å². The van der Waals surface area contributed by atoms with Crippen molar-refractivity contribution in [1.29, 1.82) is 0 Å². The number of nitrogens with zero attached hydrogens (tertiary/aromatic N) is 3. The van der Waals surface area contributed by atoms with Gasteiger partial charge in [0.2, 0.25) is 5.89 Å². The van der Waals surface area contributed by atoms with Gasteiger partial charge in [0.15, 0.2) is 11.3 Å². The Bertz CT molecular complexity index is 842. The molecule has 0 fully saturated rings. The zero-order valence-corrected chi connectivity index (χ0v) is 11.9. The van der Waals surface area contributed by atoms with Crippen LogP contribution >= 0.6 is 0 Å². The van der Waals surface area contributed by atoms with Crippen molar-refractivity contribution in [2.24, 2.45) is 5.73 Å². The maximum Gasteiger partial charge on any atom is 0.246 e. The Hall–Kier alpha value is -2.47. The Balaban J connectivity index is 2.01. The second-order valence-electron chi connectivity index (χ2n) is 5.56. The molecular weight excluding hydrogens is 268 g/mol. The van der Waals surface area contributed by atoms with Crippen molar-refractivity contribution in [3.63, 3.8) is 0 Å². The lowest BCUT2D eigenvalue weighted by Crippen LogP contribution is -2.30. The minimum absolute atomic E-state index is 0.00356. The Morgan fingerprint density at radius 1 is 1.29 bits per heavy atom. The third-order valence-electron chi connectivity index (χ3n) is 3.23. The van der Waals surface area contributed by atoms with Gasteiger partial charge in [-0.05, 0) is 26.0 Å². The molecule has 0 saturated carbocycles. The highest BCUT2D eigenvalue weighted by atomic mass is 16.5. The standard InChI is InChI=1S/C15H16N4O2/c1-15(2,16)14-17-13(21-18-14)9-19-8-7-12(20)10-5-3-4-6-11(10)19/h3-8H,9,16H2,1-2H3. The summed E-state index contributed by atoms with van der Waals surface area (Å²) in [6.07, 6.45) is 1.72. The van der Waals surface area contributed by atoms with Crippen LogP contribution in [0.3, 0.4) is 0 Å². The normalized spacial score (nSPS) is 12.0. The van der Waals surface area contributed by atoms with Gasteiger partial charge < -0.3 is 14.8 Å². The van der Waals surface area contributed by atoms with Crippen LogP contribution in [-0.4, -0.2) is 14.7 Å². The number of nitrogens with two attached hydrogens (primary N) is 1. The molecule has 0 aliphatic heterocycles. The van der Waals surface area contributed by atoms with Crippen LogP contribution in [0.2, 0.25) is 0 Å². The summed E-state index contributed by atoms with van der Waals surface area (Å²) in [4.78, 5) is 16.1. The molecule has 3 aromatic rings. The summed E-state index contributed by atoms with van der Waals surface area (Å²) in [6, 6.07) is 8.96. The van der Waals surface area contributed by atoms with E-state index in [4.69, 9.17) is 10.3 Å². The predicted octanol–water partition coefficient (Wildman–Crippen LogP) is 1.63. The fourth-order valence-electron chi connectivity index (χ4n) is 2.12. The lowest BCUT2D eigenvalue weighted by Gasteiger charge is -2.11. The number of para-hydroxylation sites is 1. The number of fused-ring (bicyclic) bond motifs is 1. The molecule has 0 amide bonds. The molecule has 0 spiro atoms. The first-order valence-corrected chi connectivity index (χ1v) is 6.65. The first kappa shape index (κ1) is 13.5. The summed E-state index contributed by atoms with van der Waals surface area (Å²) in [7, 11) is 0. The molecule has 6 heteroatoms. The molecule has 0 radical (unpaired) electrons. The molecule has 3 rings (SSSR count). The first-order valence-electron chi connectivity index (χ1n) is 6.65. The number of hydrogen-bond donors (Lipinski definition) is 1. The van der Waals surface area contributed by atoms with Gasteiger partial charge in [0.1, 0.15) is 6.54 Å². The summed E-state index contributed by atoms with van der Waals surface area (Å²) < 4.78 is 7.13. The van der Waals surface area contributed by atoms with Crippen molar-refractivity contribution in [3.05, 3.63) is 58.5 Å². The Kier molecular flexibility index (Phi) is 3.10. The summed E-state index contributed by atoms with van der Waals surface area (Å²) in [6.45, 7) is 4.02. The average Bonchev–Trinajstić information content (AvgIpc) is 2.91. The van der Waals surface area contributed by atoms with Crippen LogP contribution in [0.4, 0.5) is 0 Å². The quantitative estimate of drug-likeness (QED) is 0.789. The fraction of sp³-hybridized carbons (Fsp3) is 0.267.